The molecule has 1 spiro atoms. The standard InChI is InChI=1S/C20H23N5O3/c26-18-13-28-20(23-18)6-8-24(9-7-20)19(27)22-17-10-16(17)14-11-21-25(12-14)15-4-2-1-3-5-15/h1-5,11-12,16-17H,6-10,13H2,(H,22,27)(H,23,26)/t16-,17+/m0/s1. The van der Waals surface area contributed by atoms with Crippen molar-refractivity contribution in [2.45, 2.75) is 36.9 Å². The van der Waals surface area contributed by atoms with E-state index in [9.17, 15) is 9.59 Å². The minimum atomic E-state index is -0.567. The SMILES string of the molecule is O=C1COC2(CCN(C(=O)N[C@@H]3C[C@H]3c3cnn(-c4ccccc4)c3)CC2)N1. The van der Waals surface area contributed by atoms with E-state index in [-0.39, 0.29) is 24.6 Å². The van der Waals surface area contributed by atoms with E-state index >= 15 is 0 Å². The molecule has 5 rings (SSSR count). The maximum absolute atomic E-state index is 12.6. The molecule has 8 nitrogen and oxygen atoms in total. The number of rotatable bonds is 3. The van der Waals surface area contributed by atoms with Crippen LogP contribution < -0.4 is 10.6 Å². The van der Waals surface area contributed by atoms with Crippen LogP contribution in [0.1, 0.15) is 30.7 Å². The van der Waals surface area contributed by atoms with Gasteiger partial charge in [0.1, 0.15) is 12.3 Å². The number of hydrogen-bond donors (Lipinski definition) is 2. The number of piperidine rings is 1. The van der Waals surface area contributed by atoms with Crippen LogP contribution in [-0.4, -0.2) is 58.1 Å². The molecule has 28 heavy (non-hydrogen) atoms. The van der Waals surface area contributed by atoms with Gasteiger partial charge >= 0.3 is 6.03 Å². The Balaban J connectivity index is 1.14. The quantitative estimate of drug-likeness (QED) is 0.841. The Bertz CT molecular complexity index is 888. The number of aromatic nitrogens is 2. The van der Waals surface area contributed by atoms with Gasteiger partial charge in [-0.3, -0.25) is 4.79 Å². The number of hydrogen-bond acceptors (Lipinski definition) is 4. The lowest BCUT2D eigenvalue weighted by Gasteiger charge is -2.38. The molecule has 1 saturated carbocycles. The Hall–Kier alpha value is -2.87. The van der Waals surface area contributed by atoms with Gasteiger partial charge in [-0.15, -0.1) is 0 Å². The lowest BCUT2D eigenvalue weighted by atomic mass is 10.0. The second-order valence-corrected chi connectivity index (χ2v) is 7.77. The Morgan fingerprint density at radius 1 is 1.25 bits per heavy atom. The van der Waals surface area contributed by atoms with Crippen LogP contribution in [0.15, 0.2) is 42.7 Å². The number of para-hydroxylation sites is 1. The monoisotopic (exact) mass is 381 g/mol. The Morgan fingerprint density at radius 2 is 2.04 bits per heavy atom. The third-order valence-corrected chi connectivity index (χ3v) is 5.86. The maximum Gasteiger partial charge on any atom is 0.317 e. The second kappa shape index (κ2) is 6.63. The molecule has 0 bridgehead atoms. The van der Waals surface area contributed by atoms with Crippen molar-refractivity contribution in [2.24, 2.45) is 0 Å². The van der Waals surface area contributed by atoms with Crippen LogP contribution in [0.4, 0.5) is 4.79 Å². The summed E-state index contributed by atoms with van der Waals surface area (Å²) in [5.74, 6) is 0.241. The van der Waals surface area contributed by atoms with Crippen LogP contribution in [0.3, 0.4) is 0 Å². The van der Waals surface area contributed by atoms with Crippen LogP contribution in [0.5, 0.6) is 0 Å². The predicted octanol–water partition coefficient (Wildman–Crippen LogP) is 1.38. The molecular formula is C20H23N5O3. The molecule has 3 aliphatic rings. The molecule has 0 unspecified atom stereocenters. The molecular weight excluding hydrogens is 358 g/mol. The first-order chi connectivity index (χ1) is 13.6. The Morgan fingerprint density at radius 3 is 2.75 bits per heavy atom. The number of benzene rings is 1. The minimum Gasteiger partial charge on any atom is -0.346 e. The molecule has 2 aliphatic heterocycles. The number of amides is 3. The number of nitrogens with zero attached hydrogens (tertiary/aromatic N) is 3. The summed E-state index contributed by atoms with van der Waals surface area (Å²) in [6.07, 6.45) is 6.11. The first-order valence-corrected chi connectivity index (χ1v) is 9.72. The Kier molecular flexibility index (Phi) is 4.08. The van der Waals surface area contributed by atoms with Crippen LogP contribution in [0.25, 0.3) is 5.69 Å². The molecule has 0 radical (unpaired) electrons. The van der Waals surface area contributed by atoms with Crippen molar-refractivity contribution < 1.29 is 14.3 Å². The highest BCUT2D eigenvalue weighted by molar-refractivity contribution is 5.80. The lowest BCUT2D eigenvalue weighted by Crippen LogP contribution is -2.55. The van der Waals surface area contributed by atoms with Crippen LogP contribution in [0, 0.1) is 0 Å². The highest BCUT2D eigenvalue weighted by Gasteiger charge is 2.44. The normalized spacial score (nSPS) is 25.6. The first kappa shape index (κ1) is 17.2. The average molecular weight is 381 g/mol. The van der Waals surface area contributed by atoms with Gasteiger partial charge < -0.3 is 20.3 Å². The van der Waals surface area contributed by atoms with E-state index in [1.54, 1.807) is 0 Å². The van der Waals surface area contributed by atoms with E-state index in [4.69, 9.17) is 4.74 Å². The third kappa shape index (κ3) is 3.24. The van der Waals surface area contributed by atoms with E-state index < -0.39 is 5.72 Å². The zero-order valence-corrected chi connectivity index (χ0v) is 15.5. The summed E-state index contributed by atoms with van der Waals surface area (Å²) in [6, 6.07) is 10.1. The highest BCUT2D eigenvalue weighted by atomic mass is 16.5. The van der Waals surface area contributed by atoms with Gasteiger partial charge in [0.2, 0.25) is 5.91 Å². The minimum absolute atomic E-state index is 0.0397. The summed E-state index contributed by atoms with van der Waals surface area (Å²) in [7, 11) is 0. The molecule has 1 aromatic carbocycles. The molecule has 3 fully saturated rings. The van der Waals surface area contributed by atoms with Crippen molar-refractivity contribution in [1.82, 2.24) is 25.3 Å². The summed E-state index contributed by atoms with van der Waals surface area (Å²) in [6.45, 7) is 1.28. The molecule has 2 atom stereocenters. The van der Waals surface area contributed by atoms with E-state index in [0.29, 0.717) is 31.8 Å². The van der Waals surface area contributed by atoms with E-state index in [1.807, 2.05) is 52.3 Å². The molecule has 2 saturated heterocycles. The van der Waals surface area contributed by atoms with Gasteiger partial charge in [-0.25, -0.2) is 9.48 Å². The van der Waals surface area contributed by atoms with Gasteiger partial charge in [-0.05, 0) is 24.1 Å². The summed E-state index contributed by atoms with van der Waals surface area (Å²) < 4.78 is 7.47. The van der Waals surface area contributed by atoms with Crippen molar-refractivity contribution in [3.63, 3.8) is 0 Å². The van der Waals surface area contributed by atoms with Crippen LogP contribution in [0.2, 0.25) is 0 Å². The fourth-order valence-corrected chi connectivity index (χ4v) is 4.09. The molecule has 146 valence electrons. The lowest BCUT2D eigenvalue weighted by molar-refractivity contribution is -0.119. The fraction of sp³-hybridized carbons (Fsp3) is 0.450. The van der Waals surface area contributed by atoms with Crippen molar-refractivity contribution in [2.75, 3.05) is 19.7 Å². The number of carbonyl (C=O) groups is 2. The van der Waals surface area contributed by atoms with E-state index in [1.165, 1.54) is 0 Å². The molecule has 2 N–H and O–H groups in total. The van der Waals surface area contributed by atoms with Gasteiger partial charge in [-0.2, -0.15) is 5.10 Å². The summed E-state index contributed by atoms with van der Waals surface area (Å²) in [5.41, 5.74) is 1.61. The molecule has 1 aromatic heterocycles. The average Bonchev–Trinajstić information content (AvgIpc) is 3.13. The highest BCUT2D eigenvalue weighted by Crippen LogP contribution is 2.41. The van der Waals surface area contributed by atoms with Crippen molar-refractivity contribution in [1.29, 1.82) is 0 Å². The zero-order chi connectivity index (χ0) is 19.1. The number of likely N-dealkylation sites (tertiary alicyclic amines) is 1. The largest absolute Gasteiger partial charge is 0.346 e. The summed E-state index contributed by atoms with van der Waals surface area (Å²) in [5, 5.41) is 10.5. The van der Waals surface area contributed by atoms with Crippen LogP contribution in [-0.2, 0) is 9.53 Å². The van der Waals surface area contributed by atoms with Gasteiger partial charge in [0.25, 0.3) is 0 Å². The number of nitrogens with one attached hydrogen (secondary N) is 2. The van der Waals surface area contributed by atoms with E-state index in [0.717, 1.165) is 17.7 Å². The van der Waals surface area contributed by atoms with Gasteiger partial charge in [0.15, 0.2) is 0 Å². The maximum atomic E-state index is 12.6. The molecule has 8 heteroatoms. The molecule has 2 aromatic rings. The van der Waals surface area contributed by atoms with Gasteiger partial charge in [-0.1, -0.05) is 18.2 Å². The second-order valence-electron chi connectivity index (χ2n) is 7.77. The summed E-state index contributed by atoms with van der Waals surface area (Å²) >= 11 is 0. The molecule has 3 heterocycles. The van der Waals surface area contributed by atoms with Gasteiger partial charge in [0.05, 0.1) is 11.9 Å². The number of ether oxygens (including phenoxy) is 1. The molecule has 1 aliphatic carbocycles. The van der Waals surface area contributed by atoms with Crippen LogP contribution >= 0.6 is 0 Å². The Labute approximate surface area is 162 Å². The molecule has 3 amide bonds. The van der Waals surface area contributed by atoms with E-state index in [2.05, 4.69) is 15.7 Å². The van der Waals surface area contributed by atoms with Crippen molar-refractivity contribution >= 4 is 11.9 Å². The zero-order valence-electron chi connectivity index (χ0n) is 15.5. The number of carbonyl (C=O) groups excluding carboxylic acids is 2. The topological polar surface area (TPSA) is 88.5 Å². The van der Waals surface area contributed by atoms with Crippen molar-refractivity contribution in [3.8, 4) is 5.69 Å². The number of urea groups is 1. The first-order valence-electron chi connectivity index (χ1n) is 9.72. The third-order valence-electron chi connectivity index (χ3n) is 5.86. The fourth-order valence-electron chi connectivity index (χ4n) is 4.09. The smallest absolute Gasteiger partial charge is 0.317 e. The summed E-state index contributed by atoms with van der Waals surface area (Å²) in [4.78, 5) is 25.8. The van der Waals surface area contributed by atoms with Crippen molar-refractivity contribution in [3.05, 3.63) is 48.3 Å². The predicted molar refractivity (Wildman–Crippen MR) is 101 cm³/mol. The van der Waals surface area contributed by atoms with Gasteiger partial charge in [0, 0.05) is 44.1 Å².